The van der Waals surface area contributed by atoms with E-state index in [9.17, 15) is 9.59 Å². The zero-order valence-corrected chi connectivity index (χ0v) is 10.1. The Labute approximate surface area is 95.6 Å². The van der Waals surface area contributed by atoms with Gasteiger partial charge in [0.25, 0.3) is 0 Å². The van der Waals surface area contributed by atoms with Gasteiger partial charge in [-0.3, -0.25) is 9.59 Å². The van der Waals surface area contributed by atoms with Crippen molar-refractivity contribution in [2.45, 2.75) is 38.8 Å². The molecule has 0 aliphatic rings. The molecule has 0 saturated heterocycles. The highest BCUT2D eigenvalue weighted by atomic mass is 16.4. The van der Waals surface area contributed by atoms with Crippen molar-refractivity contribution in [3.63, 3.8) is 0 Å². The molecule has 0 spiro atoms. The fourth-order valence-electron chi connectivity index (χ4n) is 1.38. The number of carboxylic acids is 1. The molecule has 0 heterocycles. The Bertz CT molecular complexity index is 261. The number of aliphatic carboxylic acids is 1. The zero-order chi connectivity index (χ0) is 12.9. The average Bonchev–Trinajstić information content (AvgIpc) is 2.10. The average molecular weight is 231 g/mol. The molecule has 0 aromatic heterocycles. The Morgan fingerprint density at radius 3 is 2.19 bits per heavy atom. The van der Waals surface area contributed by atoms with Gasteiger partial charge in [0.05, 0.1) is 12.5 Å². The summed E-state index contributed by atoms with van der Waals surface area (Å²) in [4.78, 5) is 23.9. The second kappa shape index (κ2) is 5.81. The molecular formula is C10H21N3O3. The van der Waals surface area contributed by atoms with E-state index in [0.29, 0.717) is 13.1 Å². The van der Waals surface area contributed by atoms with E-state index in [1.165, 1.54) is 4.90 Å². The molecular weight excluding hydrogens is 210 g/mol. The van der Waals surface area contributed by atoms with Crippen molar-refractivity contribution in [2.24, 2.45) is 11.5 Å². The lowest BCUT2D eigenvalue weighted by Gasteiger charge is -2.37. The van der Waals surface area contributed by atoms with Gasteiger partial charge in [-0.1, -0.05) is 0 Å². The molecule has 0 saturated carbocycles. The monoisotopic (exact) mass is 231 g/mol. The summed E-state index contributed by atoms with van der Waals surface area (Å²) in [7, 11) is 0. The number of nitrogens with zero attached hydrogens (tertiary/aromatic N) is 1. The normalized spacial score (nSPS) is 13.3. The molecule has 0 aromatic carbocycles. The molecule has 6 nitrogen and oxygen atoms in total. The molecule has 0 unspecified atom stereocenters. The highest BCUT2D eigenvalue weighted by Crippen LogP contribution is 2.14. The molecule has 0 radical (unpaired) electrons. The van der Waals surface area contributed by atoms with E-state index < -0.39 is 17.6 Å². The van der Waals surface area contributed by atoms with E-state index in [0.717, 1.165) is 0 Å². The van der Waals surface area contributed by atoms with Crippen LogP contribution < -0.4 is 11.5 Å². The molecule has 5 N–H and O–H groups in total. The summed E-state index contributed by atoms with van der Waals surface area (Å²) < 4.78 is 0. The van der Waals surface area contributed by atoms with Crippen LogP contribution in [0.1, 0.15) is 27.2 Å². The van der Waals surface area contributed by atoms with E-state index >= 15 is 0 Å². The molecule has 6 heteroatoms. The first kappa shape index (κ1) is 14.9. The number of rotatable bonds is 5. The van der Waals surface area contributed by atoms with Crippen LogP contribution in [0.4, 0.5) is 0 Å². The molecule has 0 fully saturated rings. The van der Waals surface area contributed by atoms with Gasteiger partial charge in [0, 0.05) is 18.6 Å². The van der Waals surface area contributed by atoms with Crippen LogP contribution in [0.3, 0.4) is 0 Å². The van der Waals surface area contributed by atoms with E-state index in [4.69, 9.17) is 16.6 Å². The summed E-state index contributed by atoms with van der Waals surface area (Å²) in [6.45, 7) is 6.26. The lowest BCUT2D eigenvalue weighted by Crippen LogP contribution is -2.54. The fraction of sp³-hybridized carbons (Fsp3) is 0.800. The van der Waals surface area contributed by atoms with Crippen LogP contribution in [0.15, 0.2) is 0 Å². The van der Waals surface area contributed by atoms with Gasteiger partial charge in [0.15, 0.2) is 0 Å². The first-order valence-corrected chi connectivity index (χ1v) is 5.19. The van der Waals surface area contributed by atoms with Gasteiger partial charge in [-0.15, -0.1) is 0 Å². The fourth-order valence-corrected chi connectivity index (χ4v) is 1.38. The first-order chi connectivity index (χ1) is 7.20. The number of hydrogen-bond acceptors (Lipinski definition) is 4. The van der Waals surface area contributed by atoms with Crippen LogP contribution in [-0.2, 0) is 9.59 Å². The third-order valence-electron chi connectivity index (χ3n) is 2.14. The van der Waals surface area contributed by atoms with Crippen LogP contribution in [-0.4, -0.2) is 46.6 Å². The van der Waals surface area contributed by atoms with Crippen LogP contribution >= 0.6 is 0 Å². The van der Waals surface area contributed by atoms with Crippen molar-refractivity contribution in [3.8, 4) is 0 Å². The second-order valence-electron chi connectivity index (χ2n) is 4.65. The molecule has 1 atom stereocenters. The number of carbonyl (C=O) groups excluding carboxylic acids is 1. The summed E-state index contributed by atoms with van der Waals surface area (Å²) in [5.74, 6) is -1.46. The quantitative estimate of drug-likeness (QED) is 0.584. The second-order valence-corrected chi connectivity index (χ2v) is 4.65. The summed E-state index contributed by atoms with van der Waals surface area (Å²) in [5.41, 5.74) is 10.5. The number of nitrogens with two attached hydrogens (primary N) is 2. The van der Waals surface area contributed by atoms with Crippen LogP contribution in [0.2, 0.25) is 0 Å². The molecule has 0 rings (SSSR count). The number of hydrogen-bond donors (Lipinski definition) is 3. The SMILES string of the molecule is CC(C)(C)N(CCN)C(=O)[C@@H](N)CC(=O)O. The van der Waals surface area contributed by atoms with Gasteiger partial charge < -0.3 is 21.5 Å². The topological polar surface area (TPSA) is 110 Å². The van der Waals surface area contributed by atoms with Crippen molar-refractivity contribution in [1.82, 2.24) is 4.90 Å². The predicted molar refractivity (Wildman–Crippen MR) is 60.7 cm³/mol. The van der Waals surface area contributed by atoms with E-state index in [1.54, 1.807) is 0 Å². The van der Waals surface area contributed by atoms with Gasteiger partial charge >= 0.3 is 5.97 Å². The Hall–Kier alpha value is -1.14. The molecule has 16 heavy (non-hydrogen) atoms. The zero-order valence-electron chi connectivity index (χ0n) is 10.1. The van der Waals surface area contributed by atoms with Crippen LogP contribution in [0.25, 0.3) is 0 Å². The minimum atomic E-state index is -1.08. The lowest BCUT2D eigenvalue weighted by molar-refractivity contribution is -0.144. The van der Waals surface area contributed by atoms with Crippen LogP contribution in [0.5, 0.6) is 0 Å². The maximum absolute atomic E-state index is 11.9. The number of carbonyl (C=O) groups is 2. The van der Waals surface area contributed by atoms with Crippen molar-refractivity contribution in [3.05, 3.63) is 0 Å². The van der Waals surface area contributed by atoms with Crippen molar-refractivity contribution in [2.75, 3.05) is 13.1 Å². The summed E-state index contributed by atoms with van der Waals surface area (Å²) in [6.07, 6.45) is -0.365. The summed E-state index contributed by atoms with van der Waals surface area (Å²) in [6, 6.07) is -1.01. The Kier molecular flexibility index (Phi) is 5.40. The number of amides is 1. The smallest absolute Gasteiger partial charge is 0.305 e. The minimum Gasteiger partial charge on any atom is -0.481 e. The van der Waals surface area contributed by atoms with E-state index in [1.807, 2.05) is 20.8 Å². The maximum atomic E-state index is 11.9. The van der Waals surface area contributed by atoms with Gasteiger partial charge in [0.1, 0.15) is 0 Å². The third kappa shape index (κ3) is 4.59. The molecule has 0 bridgehead atoms. The van der Waals surface area contributed by atoms with E-state index in [2.05, 4.69) is 0 Å². The Balaban J connectivity index is 4.67. The van der Waals surface area contributed by atoms with Crippen LogP contribution in [0, 0.1) is 0 Å². The predicted octanol–water partition coefficient (Wildman–Crippen LogP) is -0.626. The Morgan fingerprint density at radius 2 is 1.88 bits per heavy atom. The minimum absolute atomic E-state index is 0.322. The molecule has 94 valence electrons. The molecule has 0 aliphatic heterocycles. The van der Waals surface area contributed by atoms with Crippen molar-refractivity contribution >= 4 is 11.9 Å². The maximum Gasteiger partial charge on any atom is 0.305 e. The molecule has 1 amide bonds. The van der Waals surface area contributed by atoms with Gasteiger partial charge in [0.2, 0.25) is 5.91 Å². The summed E-state index contributed by atoms with van der Waals surface area (Å²) in [5, 5.41) is 8.57. The van der Waals surface area contributed by atoms with Gasteiger partial charge in [-0.2, -0.15) is 0 Å². The number of carboxylic acid groups (broad SMARTS) is 1. The standard InChI is InChI=1S/C10H21N3O3/c1-10(2,3)13(5-4-11)9(16)7(12)6-8(14)15/h7H,4-6,11-12H2,1-3H3,(H,14,15)/t7-/m0/s1. The Morgan fingerprint density at radius 1 is 1.38 bits per heavy atom. The lowest BCUT2D eigenvalue weighted by atomic mass is 10.0. The van der Waals surface area contributed by atoms with Gasteiger partial charge in [-0.25, -0.2) is 0 Å². The first-order valence-electron chi connectivity index (χ1n) is 5.19. The van der Waals surface area contributed by atoms with E-state index in [-0.39, 0.29) is 12.3 Å². The highest BCUT2D eigenvalue weighted by Gasteiger charge is 2.30. The van der Waals surface area contributed by atoms with Crippen molar-refractivity contribution in [1.29, 1.82) is 0 Å². The summed E-state index contributed by atoms with van der Waals surface area (Å²) >= 11 is 0. The van der Waals surface area contributed by atoms with Crippen molar-refractivity contribution < 1.29 is 14.7 Å². The van der Waals surface area contributed by atoms with Gasteiger partial charge in [-0.05, 0) is 20.8 Å². The molecule has 0 aliphatic carbocycles. The third-order valence-corrected chi connectivity index (χ3v) is 2.14. The molecule has 0 aromatic rings. The largest absolute Gasteiger partial charge is 0.481 e. The highest BCUT2D eigenvalue weighted by molar-refractivity contribution is 5.86.